The normalized spacial score (nSPS) is 13.8. The Morgan fingerprint density at radius 2 is 1.86 bits per heavy atom. The summed E-state index contributed by atoms with van der Waals surface area (Å²) in [4.78, 5) is 12.2. The van der Waals surface area contributed by atoms with Crippen LogP contribution in [0.5, 0.6) is 0 Å². The predicted molar refractivity (Wildman–Crippen MR) is 84.7 cm³/mol. The first-order chi connectivity index (χ1) is 10.7. The van der Waals surface area contributed by atoms with Gasteiger partial charge in [-0.2, -0.15) is 10.5 Å². The summed E-state index contributed by atoms with van der Waals surface area (Å²) in [5.41, 5.74) is 2.39. The van der Waals surface area contributed by atoms with Crippen LogP contribution in [0.4, 0.5) is 11.4 Å². The van der Waals surface area contributed by atoms with Crippen molar-refractivity contribution >= 4 is 17.3 Å². The fourth-order valence-corrected chi connectivity index (χ4v) is 2.59. The zero-order valence-corrected chi connectivity index (χ0v) is 12.5. The molecule has 0 aromatic heterocycles. The van der Waals surface area contributed by atoms with Crippen molar-refractivity contribution in [2.75, 3.05) is 10.6 Å². The summed E-state index contributed by atoms with van der Waals surface area (Å²) < 4.78 is 0. The van der Waals surface area contributed by atoms with Gasteiger partial charge in [0, 0.05) is 23.5 Å². The molecule has 0 saturated heterocycles. The van der Waals surface area contributed by atoms with E-state index >= 15 is 0 Å². The molecule has 1 fully saturated rings. The van der Waals surface area contributed by atoms with Gasteiger partial charge in [-0.3, -0.25) is 4.79 Å². The molecule has 1 aliphatic carbocycles. The van der Waals surface area contributed by atoms with E-state index in [1.54, 1.807) is 12.1 Å². The van der Waals surface area contributed by atoms with Crippen LogP contribution in [-0.4, -0.2) is 5.91 Å². The minimum atomic E-state index is -0.000191. The Bertz CT molecular complexity index is 657. The van der Waals surface area contributed by atoms with Gasteiger partial charge in [0.2, 0.25) is 5.91 Å². The third-order valence-corrected chi connectivity index (χ3v) is 3.93. The van der Waals surface area contributed by atoms with E-state index in [-0.39, 0.29) is 17.4 Å². The highest BCUT2D eigenvalue weighted by molar-refractivity contribution is 5.94. The maximum absolute atomic E-state index is 12.2. The number of allylic oxidation sites excluding steroid dienone is 1. The molecule has 0 atom stereocenters. The van der Waals surface area contributed by atoms with Crippen molar-refractivity contribution < 1.29 is 4.79 Å². The molecule has 1 saturated carbocycles. The van der Waals surface area contributed by atoms with Gasteiger partial charge in [0.25, 0.3) is 0 Å². The van der Waals surface area contributed by atoms with Gasteiger partial charge >= 0.3 is 0 Å². The molecule has 2 rings (SSSR count). The van der Waals surface area contributed by atoms with Gasteiger partial charge in [-0.15, -0.1) is 0 Å². The lowest BCUT2D eigenvalue weighted by atomic mass is 10.1. The lowest BCUT2D eigenvalue weighted by Gasteiger charge is -2.15. The number of benzene rings is 1. The van der Waals surface area contributed by atoms with Crippen molar-refractivity contribution in [2.45, 2.75) is 32.6 Å². The molecule has 5 heteroatoms. The molecule has 1 amide bonds. The van der Waals surface area contributed by atoms with Gasteiger partial charge in [-0.1, -0.05) is 18.9 Å². The van der Waals surface area contributed by atoms with E-state index in [9.17, 15) is 4.79 Å². The van der Waals surface area contributed by atoms with Crippen LogP contribution in [-0.2, 0) is 4.79 Å². The van der Waals surface area contributed by atoms with Gasteiger partial charge in [0.1, 0.15) is 17.7 Å². The quantitative estimate of drug-likeness (QED) is 0.832. The SMILES string of the molecule is Cc1c(NC=C(C#N)C#N)cccc1NC(=O)C1CCCC1. The zero-order valence-electron chi connectivity index (χ0n) is 12.5. The van der Waals surface area contributed by atoms with Crippen molar-refractivity contribution in [2.24, 2.45) is 5.92 Å². The summed E-state index contributed by atoms with van der Waals surface area (Å²) in [6.45, 7) is 1.89. The Hall–Kier alpha value is -2.79. The molecule has 1 aliphatic rings. The minimum Gasteiger partial charge on any atom is -0.360 e. The van der Waals surface area contributed by atoms with E-state index in [1.165, 1.54) is 6.20 Å². The maximum Gasteiger partial charge on any atom is 0.227 e. The Labute approximate surface area is 130 Å². The van der Waals surface area contributed by atoms with Crippen LogP contribution in [0, 0.1) is 35.5 Å². The molecule has 0 unspecified atom stereocenters. The summed E-state index contributed by atoms with van der Waals surface area (Å²) in [5, 5.41) is 23.4. The number of rotatable bonds is 4. The second-order valence-corrected chi connectivity index (χ2v) is 5.37. The number of hydrogen-bond donors (Lipinski definition) is 2. The summed E-state index contributed by atoms with van der Waals surface area (Å²) in [7, 11) is 0. The van der Waals surface area contributed by atoms with Crippen LogP contribution in [0.15, 0.2) is 30.0 Å². The Morgan fingerprint density at radius 1 is 1.23 bits per heavy atom. The molecule has 1 aromatic rings. The van der Waals surface area contributed by atoms with Crippen molar-refractivity contribution in [3.8, 4) is 12.1 Å². The third kappa shape index (κ3) is 3.65. The maximum atomic E-state index is 12.2. The van der Waals surface area contributed by atoms with Crippen LogP contribution in [0.3, 0.4) is 0 Å². The fraction of sp³-hybridized carbons (Fsp3) is 0.353. The molecular weight excluding hydrogens is 276 g/mol. The van der Waals surface area contributed by atoms with Crippen LogP contribution in [0.25, 0.3) is 0 Å². The summed E-state index contributed by atoms with van der Waals surface area (Å²) in [5.74, 6) is 0.183. The van der Waals surface area contributed by atoms with Gasteiger partial charge in [-0.25, -0.2) is 0 Å². The number of nitrogens with one attached hydrogen (secondary N) is 2. The van der Waals surface area contributed by atoms with Crippen LogP contribution in [0.1, 0.15) is 31.2 Å². The van der Waals surface area contributed by atoms with Gasteiger partial charge in [-0.05, 0) is 37.5 Å². The highest BCUT2D eigenvalue weighted by atomic mass is 16.1. The lowest BCUT2D eigenvalue weighted by molar-refractivity contribution is -0.119. The Kier molecular flexibility index (Phi) is 5.16. The Balaban J connectivity index is 2.12. The van der Waals surface area contributed by atoms with Crippen molar-refractivity contribution in [1.82, 2.24) is 0 Å². The number of carbonyl (C=O) groups excluding carboxylic acids is 1. The number of hydrogen-bond acceptors (Lipinski definition) is 4. The van der Waals surface area contributed by atoms with Crippen molar-refractivity contribution in [3.63, 3.8) is 0 Å². The first kappa shape index (κ1) is 15.6. The first-order valence-electron chi connectivity index (χ1n) is 7.33. The minimum absolute atomic E-state index is 0.000191. The number of carbonyl (C=O) groups is 1. The van der Waals surface area contributed by atoms with Crippen LogP contribution in [0.2, 0.25) is 0 Å². The molecule has 22 heavy (non-hydrogen) atoms. The summed E-state index contributed by atoms with van der Waals surface area (Å²) in [6, 6.07) is 9.10. The second-order valence-electron chi connectivity index (χ2n) is 5.37. The van der Waals surface area contributed by atoms with E-state index in [2.05, 4.69) is 10.6 Å². The fourth-order valence-electron chi connectivity index (χ4n) is 2.59. The molecule has 0 radical (unpaired) electrons. The topological polar surface area (TPSA) is 88.7 Å². The molecule has 5 nitrogen and oxygen atoms in total. The predicted octanol–water partition coefficient (Wildman–Crippen LogP) is 3.47. The monoisotopic (exact) mass is 294 g/mol. The highest BCUT2D eigenvalue weighted by Gasteiger charge is 2.23. The summed E-state index contributed by atoms with van der Waals surface area (Å²) in [6.07, 6.45) is 5.52. The molecule has 112 valence electrons. The Morgan fingerprint density at radius 3 is 2.50 bits per heavy atom. The van der Waals surface area contributed by atoms with E-state index in [0.717, 1.165) is 42.6 Å². The standard InChI is InChI=1S/C17H18N4O/c1-12-15(20-11-13(9-18)10-19)7-4-8-16(12)21-17(22)14-5-2-3-6-14/h4,7-8,11,14,20H,2-3,5-6H2,1H3,(H,21,22). The average Bonchev–Trinajstić information content (AvgIpc) is 3.06. The molecule has 0 aliphatic heterocycles. The van der Waals surface area contributed by atoms with E-state index in [4.69, 9.17) is 10.5 Å². The van der Waals surface area contributed by atoms with Crippen molar-refractivity contribution in [1.29, 1.82) is 10.5 Å². The first-order valence-corrected chi connectivity index (χ1v) is 7.33. The lowest BCUT2D eigenvalue weighted by Crippen LogP contribution is -2.20. The third-order valence-electron chi connectivity index (χ3n) is 3.93. The molecule has 1 aromatic carbocycles. The van der Waals surface area contributed by atoms with Gasteiger partial charge in [0.15, 0.2) is 0 Å². The van der Waals surface area contributed by atoms with E-state index in [0.29, 0.717) is 0 Å². The molecule has 0 spiro atoms. The van der Waals surface area contributed by atoms with E-state index < -0.39 is 0 Å². The van der Waals surface area contributed by atoms with Gasteiger partial charge in [0.05, 0.1) is 0 Å². The zero-order chi connectivity index (χ0) is 15.9. The molecular formula is C17H18N4O. The largest absolute Gasteiger partial charge is 0.360 e. The van der Waals surface area contributed by atoms with Gasteiger partial charge < -0.3 is 10.6 Å². The second kappa shape index (κ2) is 7.28. The number of amides is 1. The smallest absolute Gasteiger partial charge is 0.227 e. The summed E-state index contributed by atoms with van der Waals surface area (Å²) >= 11 is 0. The molecule has 0 heterocycles. The van der Waals surface area contributed by atoms with Crippen molar-refractivity contribution in [3.05, 3.63) is 35.5 Å². The number of nitriles is 2. The number of nitrogens with zero attached hydrogens (tertiary/aromatic N) is 2. The van der Waals surface area contributed by atoms with Crippen LogP contribution >= 0.6 is 0 Å². The highest BCUT2D eigenvalue weighted by Crippen LogP contribution is 2.28. The number of anilines is 2. The molecule has 2 N–H and O–H groups in total. The molecule has 0 bridgehead atoms. The van der Waals surface area contributed by atoms with Crippen LogP contribution < -0.4 is 10.6 Å². The van der Waals surface area contributed by atoms with E-state index in [1.807, 2.05) is 25.1 Å². The average molecular weight is 294 g/mol.